The van der Waals surface area contributed by atoms with E-state index in [4.69, 9.17) is 4.74 Å². The van der Waals surface area contributed by atoms with Gasteiger partial charge in [-0.1, -0.05) is 11.8 Å². The predicted octanol–water partition coefficient (Wildman–Crippen LogP) is 0.586. The largest absolute Gasteiger partial charge is 0.495 e. The van der Waals surface area contributed by atoms with Crippen LogP contribution < -0.4 is 10.1 Å². The van der Waals surface area contributed by atoms with Crippen LogP contribution in [0.4, 0.5) is 0 Å². The van der Waals surface area contributed by atoms with Crippen LogP contribution in [0.15, 0.2) is 34.6 Å². The van der Waals surface area contributed by atoms with Gasteiger partial charge in [0.1, 0.15) is 17.0 Å². The maximum Gasteiger partial charge on any atom is 0.251 e. The summed E-state index contributed by atoms with van der Waals surface area (Å²) in [5.74, 6) is 0.419. The Balaban J connectivity index is 2.07. The molecule has 0 bridgehead atoms. The first-order valence-electron chi connectivity index (χ1n) is 7.23. The Bertz CT molecular complexity index is 822. The number of benzene rings is 1. The first-order valence-corrected chi connectivity index (χ1v) is 9.65. The number of hydrogen-bond acceptors (Lipinski definition) is 7. The summed E-state index contributed by atoms with van der Waals surface area (Å²) >= 11 is 1.42. The van der Waals surface area contributed by atoms with Crippen LogP contribution in [0.25, 0.3) is 0 Å². The van der Waals surface area contributed by atoms with Gasteiger partial charge in [0.15, 0.2) is 5.16 Å². The molecule has 0 aliphatic rings. The second-order valence-corrected chi connectivity index (χ2v) is 8.25. The number of carbonyl (C=O) groups excluding carboxylic acids is 1. The van der Waals surface area contributed by atoms with E-state index in [1.54, 1.807) is 0 Å². The van der Waals surface area contributed by atoms with Gasteiger partial charge >= 0.3 is 0 Å². The van der Waals surface area contributed by atoms with Gasteiger partial charge in [0.25, 0.3) is 5.91 Å². The van der Waals surface area contributed by atoms with Crippen LogP contribution in [0, 0.1) is 0 Å². The fourth-order valence-electron chi connectivity index (χ4n) is 1.89. The highest BCUT2D eigenvalue weighted by Gasteiger charge is 2.23. The van der Waals surface area contributed by atoms with Gasteiger partial charge in [-0.05, 0) is 18.2 Å². The first kappa shape index (κ1) is 19.2. The van der Waals surface area contributed by atoms with Crippen LogP contribution in [-0.2, 0) is 10.0 Å². The molecule has 0 unspecified atom stereocenters. The Morgan fingerprint density at radius 3 is 2.76 bits per heavy atom. The van der Waals surface area contributed by atoms with Crippen LogP contribution in [0.3, 0.4) is 0 Å². The number of aromatic nitrogens is 3. The number of aromatic amines is 1. The monoisotopic (exact) mass is 385 g/mol. The minimum Gasteiger partial charge on any atom is -0.495 e. The Kier molecular flexibility index (Phi) is 6.39. The Morgan fingerprint density at radius 1 is 1.40 bits per heavy atom. The summed E-state index contributed by atoms with van der Waals surface area (Å²) in [7, 11) is 0.492. The maximum absolute atomic E-state index is 12.4. The SMILES string of the molecule is COc1ccc(C(=O)NCCSc2ncn[nH]2)cc1S(=O)(=O)N(C)C. The fourth-order valence-corrected chi connectivity index (χ4v) is 3.61. The Labute approximate surface area is 150 Å². The van der Waals surface area contributed by atoms with E-state index in [0.717, 1.165) is 4.31 Å². The second-order valence-electron chi connectivity index (χ2n) is 5.05. The minimum absolute atomic E-state index is 0.0521. The zero-order chi connectivity index (χ0) is 18.4. The highest BCUT2D eigenvalue weighted by molar-refractivity contribution is 7.99. The number of amides is 1. The molecule has 0 aliphatic carbocycles. The molecule has 1 aromatic carbocycles. The number of nitrogens with one attached hydrogen (secondary N) is 2. The highest BCUT2D eigenvalue weighted by Crippen LogP contribution is 2.26. The Hall–Kier alpha value is -2.11. The standard InChI is InChI=1S/C14H19N5O4S2/c1-19(2)25(21,22)12-8-10(4-5-11(12)23-3)13(20)15-6-7-24-14-16-9-17-18-14/h4-5,8-9H,6-7H2,1-3H3,(H,15,20)(H,16,17,18). The summed E-state index contributed by atoms with van der Waals surface area (Å²) in [4.78, 5) is 16.2. The van der Waals surface area contributed by atoms with Crippen molar-refractivity contribution in [3.63, 3.8) is 0 Å². The lowest BCUT2D eigenvalue weighted by Gasteiger charge is -2.15. The van der Waals surface area contributed by atoms with Crippen molar-refractivity contribution in [3.8, 4) is 5.75 Å². The third kappa shape index (κ3) is 4.71. The lowest BCUT2D eigenvalue weighted by atomic mass is 10.2. The van der Waals surface area contributed by atoms with Crippen molar-refractivity contribution in [2.24, 2.45) is 0 Å². The number of carbonyl (C=O) groups is 1. The van der Waals surface area contributed by atoms with Crippen molar-refractivity contribution in [1.29, 1.82) is 0 Å². The average Bonchev–Trinajstić information content (AvgIpc) is 3.11. The third-order valence-corrected chi connectivity index (χ3v) is 5.92. The smallest absolute Gasteiger partial charge is 0.251 e. The third-order valence-electron chi connectivity index (χ3n) is 3.20. The summed E-state index contributed by atoms with van der Waals surface area (Å²) in [6, 6.07) is 4.30. The molecule has 0 atom stereocenters. The molecule has 2 rings (SSSR count). The van der Waals surface area contributed by atoms with E-state index in [2.05, 4.69) is 20.5 Å². The van der Waals surface area contributed by atoms with Gasteiger partial charge in [-0.2, -0.15) is 5.10 Å². The highest BCUT2D eigenvalue weighted by atomic mass is 32.2. The van der Waals surface area contributed by atoms with Gasteiger partial charge in [0.05, 0.1) is 7.11 Å². The molecule has 0 radical (unpaired) electrons. The zero-order valence-electron chi connectivity index (χ0n) is 14.0. The first-order chi connectivity index (χ1) is 11.9. The van der Waals surface area contributed by atoms with Crippen LogP contribution in [0.1, 0.15) is 10.4 Å². The van der Waals surface area contributed by atoms with Crippen LogP contribution in [0.5, 0.6) is 5.75 Å². The Morgan fingerprint density at radius 2 is 2.16 bits per heavy atom. The lowest BCUT2D eigenvalue weighted by molar-refractivity contribution is 0.0956. The van der Waals surface area contributed by atoms with Crippen molar-refractivity contribution < 1.29 is 17.9 Å². The van der Waals surface area contributed by atoms with E-state index in [1.807, 2.05) is 0 Å². The summed E-state index contributed by atoms with van der Waals surface area (Å²) in [6.45, 7) is 0.395. The average molecular weight is 385 g/mol. The molecule has 11 heteroatoms. The van der Waals surface area contributed by atoms with Gasteiger partial charge < -0.3 is 10.1 Å². The van der Waals surface area contributed by atoms with Gasteiger partial charge in [-0.25, -0.2) is 17.7 Å². The molecule has 0 aliphatic heterocycles. The molecule has 2 aromatic rings. The summed E-state index contributed by atoms with van der Waals surface area (Å²) in [5, 5.41) is 9.84. The molecule has 1 heterocycles. The molecule has 0 spiro atoms. The van der Waals surface area contributed by atoms with E-state index >= 15 is 0 Å². The molecule has 1 aromatic heterocycles. The molecule has 0 fully saturated rings. The predicted molar refractivity (Wildman–Crippen MR) is 93.3 cm³/mol. The number of nitrogens with zero attached hydrogens (tertiary/aromatic N) is 3. The number of ether oxygens (including phenoxy) is 1. The van der Waals surface area contributed by atoms with Gasteiger partial charge in [0.2, 0.25) is 10.0 Å². The molecule has 9 nitrogen and oxygen atoms in total. The molecule has 1 amide bonds. The van der Waals surface area contributed by atoms with E-state index in [1.165, 1.54) is 57.5 Å². The molecular formula is C14H19N5O4S2. The fraction of sp³-hybridized carbons (Fsp3) is 0.357. The summed E-state index contributed by atoms with van der Waals surface area (Å²) in [5.41, 5.74) is 0.242. The van der Waals surface area contributed by atoms with E-state index in [0.29, 0.717) is 17.5 Å². The minimum atomic E-state index is -3.73. The summed E-state index contributed by atoms with van der Waals surface area (Å²) < 4.78 is 30.9. The van der Waals surface area contributed by atoms with Crippen LogP contribution in [0.2, 0.25) is 0 Å². The molecule has 25 heavy (non-hydrogen) atoms. The number of methoxy groups -OCH3 is 1. The number of hydrogen-bond donors (Lipinski definition) is 2. The van der Waals surface area contributed by atoms with Crippen molar-refractivity contribution in [3.05, 3.63) is 30.1 Å². The lowest BCUT2D eigenvalue weighted by Crippen LogP contribution is -2.27. The zero-order valence-corrected chi connectivity index (χ0v) is 15.6. The number of thioether (sulfide) groups is 1. The van der Waals surface area contributed by atoms with Crippen LogP contribution >= 0.6 is 11.8 Å². The quantitative estimate of drug-likeness (QED) is 0.504. The normalized spacial score (nSPS) is 11.5. The van der Waals surface area contributed by atoms with Gasteiger partial charge in [0, 0.05) is 32.0 Å². The van der Waals surface area contributed by atoms with Crippen molar-refractivity contribution in [2.45, 2.75) is 10.1 Å². The van der Waals surface area contributed by atoms with Gasteiger partial charge in [-0.3, -0.25) is 9.89 Å². The van der Waals surface area contributed by atoms with E-state index in [9.17, 15) is 13.2 Å². The number of sulfonamides is 1. The molecule has 0 saturated carbocycles. The van der Waals surface area contributed by atoms with Gasteiger partial charge in [-0.15, -0.1) is 0 Å². The topological polar surface area (TPSA) is 117 Å². The number of H-pyrrole nitrogens is 1. The second kappa shape index (κ2) is 8.32. The van der Waals surface area contributed by atoms with E-state index < -0.39 is 10.0 Å². The summed E-state index contributed by atoms with van der Waals surface area (Å²) in [6.07, 6.45) is 1.41. The molecular weight excluding hydrogens is 366 g/mol. The number of rotatable bonds is 8. The van der Waals surface area contributed by atoms with Crippen molar-refractivity contribution in [1.82, 2.24) is 24.8 Å². The van der Waals surface area contributed by atoms with Crippen molar-refractivity contribution >= 4 is 27.7 Å². The van der Waals surface area contributed by atoms with Crippen molar-refractivity contribution in [2.75, 3.05) is 33.5 Å². The molecule has 2 N–H and O–H groups in total. The molecule has 0 saturated heterocycles. The van der Waals surface area contributed by atoms with Crippen LogP contribution in [-0.4, -0.2) is 67.3 Å². The maximum atomic E-state index is 12.4. The molecule has 136 valence electrons. The van der Waals surface area contributed by atoms with E-state index in [-0.39, 0.29) is 22.1 Å².